The van der Waals surface area contributed by atoms with Crippen LogP contribution in [-0.4, -0.2) is 31.9 Å². The van der Waals surface area contributed by atoms with Gasteiger partial charge in [-0.15, -0.1) is 17.8 Å². The number of thiophene rings is 1. The number of aliphatic imine (C=N–C) groups is 1. The molecule has 0 radical (unpaired) electrons. The van der Waals surface area contributed by atoms with Gasteiger partial charge in [-0.25, -0.2) is 4.99 Å². The maximum Gasteiger partial charge on any atom is 0.254 e. The van der Waals surface area contributed by atoms with Crippen molar-refractivity contribution in [2.75, 3.05) is 13.7 Å². The van der Waals surface area contributed by atoms with E-state index in [2.05, 4.69) is 27.2 Å². The minimum atomic E-state index is 0.0177. The molecule has 33 heavy (non-hydrogen) atoms. The number of halogens is 1. The SMILES string of the molecule is C#CCOc1c(C=Nc2sc3c(c2C(=O)NC2CCCCC2)CCCC3)cc(Br)cc1OC. The summed E-state index contributed by atoms with van der Waals surface area (Å²) in [5.41, 5.74) is 2.67. The van der Waals surface area contributed by atoms with Crippen molar-refractivity contribution in [1.82, 2.24) is 5.32 Å². The maximum atomic E-state index is 13.4. The van der Waals surface area contributed by atoms with Crippen LogP contribution in [0.15, 0.2) is 21.6 Å². The average molecular weight is 530 g/mol. The number of methoxy groups -OCH3 is 1. The Morgan fingerprint density at radius 1 is 1.27 bits per heavy atom. The molecule has 5 nitrogen and oxygen atoms in total. The van der Waals surface area contributed by atoms with E-state index in [1.165, 1.54) is 29.7 Å². The summed E-state index contributed by atoms with van der Waals surface area (Å²) in [6.07, 6.45) is 17.1. The second-order valence-corrected chi connectivity index (χ2v) is 10.5. The standard InChI is InChI=1S/C26H29BrN2O3S/c1-3-13-32-24-17(14-18(27)15-21(24)31-2)16-28-26-23(20-11-7-8-12-22(20)33-26)25(30)29-19-9-5-4-6-10-19/h1,14-16,19H,4-13H2,2H3,(H,29,30). The predicted octanol–water partition coefficient (Wildman–Crippen LogP) is 6.22. The first-order valence-electron chi connectivity index (χ1n) is 11.5. The van der Waals surface area contributed by atoms with Crippen molar-refractivity contribution < 1.29 is 14.3 Å². The minimum Gasteiger partial charge on any atom is -0.493 e. The summed E-state index contributed by atoms with van der Waals surface area (Å²) in [4.78, 5) is 19.5. The van der Waals surface area contributed by atoms with Crippen LogP contribution in [0.3, 0.4) is 0 Å². The van der Waals surface area contributed by atoms with Gasteiger partial charge in [-0.05, 0) is 56.2 Å². The molecule has 0 aliphatic heterocycles. The molecule has 0 unspecified atom stereocenters. The summed E-state index contributed by atoms with van der Waals surface area (Å²) in [6, 6.07) is 4.00. The zero-order valence-corrected chi connectivity index (χ0v) is 21.3. The van der Waals surface area contributed by atoms with Crippen molar-refractivity contribution in [3.05, 3.63) is 38.2 Å². The van der Waals surface area contributed by atoms with Gasteiger partial charge >= 0.3 is 0 Å². The fraction of sp³-hybridized carbons (Fsp3) is 0.462. The summed E-state index contributed by atoms with van der Waals surface area (Å²) in [7, 11) is 1.59. The predicted molar refractivity (Wildman–Crippen MR) is 138 cm³/mol. The number of carbonyl (C=O) groups excluding carboxylic acids is 1. The highest BCUT2D eigenvalue weighted by Gasteiger charge is 2.27. The van der Waals surface area contributed by atoms with Crippen molar-refractivity contribution in [2.24, 2.45) is 4.99 Å². The lowest BCUT2D eigenvalue weighted by Crippen LogP contribution is -2.36. The van der Waals surface area contributed by atoms with Crippen molar-refractivity contribution >= 4 is 44.4 Å². The lowest BCUT2D eigenvalue weighted by Gasteiger charge is -2.23. The number of ether oxygens (including phenoxy) is 2. The maximum absolute atomic E-state index is 13.4. The number of hydrogen-bond acceptors (Lipinski definition) is 5. The number of aryl methyl sites for hydroxylation is 1. The van der Waals surface area contributed by atoms with Gasteiger partial charge in [0.05, 0.1) is 12.7 Å². The van der Waals surface area contributed by atoms with Crippen molar-refractivity contribution in [2.45, 2.75) is 63.8 Å². The number of amides is 1. The molecule has 174 valence electrons. The molecule has 0 bridgehead atoms. The summed E-state index contributed by atoms with van der Waals surface area (Å²) in [6.45, 7) is 0.126. The Bertz CT molecular complexity index is 1080. The number of nitrogens with zero attached hydrogens (tertiary/aromatic N) is 1. The Kier molecular flexibility index (Phi) is 8.11. The van der Waals surface area contributed by atoms with Gasteiger partial charge in [0.15, 0.2) is 11.5 Å². The fourth-order valence-corrected chi connectivity index (χ4v) is 6.30. The van der Waals surface area contributed by atoms with Crippen LogP contribution in [0, 0.1) is 12.3 Å². The second kappa shape index (κ2) is 11.2. The molecule has 1 N–H and O–H groups in total. The molecule has 1 aromatic heterocycles. The van der Waals surface area contributed by atoms with Gasteiger partial charge in [0, 0.05) is 27.2 Å². The molecule has 1 saturated carbocycles. The molecule has 4 rings (SSSR count). The van der Waals surface area contributed by atoms with E-state index in [0.717, 1.165) is 59.1 Å². The minimum absolute atomic E-state index is 0.0177. The van der Waals surface area contributed by atoms with Crippen LogP contribution >= 0.6 is 27.3 Å². The lowest BCUT2D eigenvalue weighted by atomic mass is 9.93. The molecule has 0 saturated heterocycles. The van der Waals surface area contributed by atoms with E-state index >= 15 is 0 Å². The number of benzene rings is 1. The number of hydrogen-bond donors (Lipinski definition) is 1. The summed E-state index contributed by atoms with van der Waals surface area (Å²) in [5, 5.41) is 4.06. The summed E-state index contributed by atoms with van der Waals surface area (Å²) < 4.78 is 12.1. The summed E-state index contributed by atoms with van der Waals surface area (Å²) in [5.74, 6) is 3.62. The Hall–Kier alpha value is -2.30. The van der Waals surface area contributed by atoms with E-state index in [1.54, 1.807) is 24.7 Å². The van der Waals surface area contributed by atoms with Crippen molar-refractivity contribution in [3.8, 4) is 23.8 Å². The molecular weight excluding hydrogens is 500 g/mol. The first kappa shape index (κ1) is 23.8. The highest BCUT2D eigenvalue weighted by molar-refractivity contribution is 9.10. The first-order valence-corrected chi connectivity index (χ1v) is 13.1. The van der Waals surface area contributed by atoms with E-state index in [9.17, 15) is 4.79 Å². The van der Waals surface area contributed by atoms with Crippen LogP contribution in [0.4, 0.5) is 5.00 Å². The molecule has 2 aromatic rings. The molecule has 0 spiro atoms. The topological polar surface area (TPSA) is 59.9 Å². The Morgan fingerprint density at radius 2 is 2.06 bits per heavy atom. The third kappa shape index (κ3) is 5.62. The Labute approximate surface area is 208 Å². The number of carbonyl (C=O) groups is 1. The average Bonchev–Trinajstić information content (AvgIpc) is 3.20. The smallest absolute Gasteiger partial charge is 0.254 e. The third-order valence-corrected chi connectivity index (χ3v) is 7.87. The first-order chi connectivity index (χ1) is 16.1. The fourth-order valence-electron chi connectivity index (χ4n) is 4.61. The molecule has 2 aliphatic carbocycles. The van der Waals surface area contributed by atoms with E-state index in [-0.39, 0.29) is 18.6 Å². The quantitative estimate of drug-likeness (QED) is 0.342. The monoisotopic (exact) mass is 528 g/mol. The summed E-state index contributed by atoms with van der Waals surface area (Å²) >= 11 is 5.16. The highest BCUT2D eigenvalue weighted by Crippen LogP contribution is 2.41. The number of nitrogens with one attached hydrogen (secondary N) is 1. The van der Waals surface area contributed by atoms with Crippen LogP contribution < -0.4 is 14.8 Å². The molecule has 0 atom stereocenters. The second-order valence-electron chi connectivity index (χ2n) is 8.48. The van der Waals surface area contributed by atoms with Gasteiger partial charge in [-0.1, -0.05) is 41.1 Å². The van der Waals surface area contributed by atoms with Gasteiger partial charge in [0.2, 0.25) is 0 Å². The lowest BCUT2D eigenvalue weighted by molar-refractivity contribution is 0.0927. The Morgan fingerprint density at radius 3 is 2.82 bits per heavy atom. The molecule has 1 heterocycles. The van der Waals surface area contributed by atoms with Crippen LogP contribution in [0.5, 0.6) is 11.5 Å². The number of terminal acetylenes is 1. The number of rotatable bonds is 7. The normalized spacial score (nSPS) is 16.3. The van der Waals surface area contributed by atoms with Crippen molar-refractivity contribution in [3.63, 3.8) is 0 Å². The molecule has 1 fully saturated rings. The van der Waals surface area contributed by atoms with Gasteiger partial charge < -0.3 is 14.8 Å². The molecule has 1 aromatic carbocycles. The van der Waals surface area contributed by atoms with E-state index in [4.69, 9.17) is 20.9 Å². The molecular formula is C26H29BrN2O3S. The largest absolute Gasteiger partial charge is 0.493 e. The van der Waals surface area contributed by atoms with Crippen molar-refractivity contribution in [1.29, 1.82) is 0 Å². The van der Waals surface area contributed by atoms with Crippen LogP contribution in [0.2, 0.25) is 0 Å². The Balaban J connectivity index is 1.68. The van der Waals surface area contributed by atoms with Gasteiger partial charge in [-0.3, -0.25) is 4.79 Å². The van der Waals surface area contributed by atoms with Gasteiger partial charge in [-0.2, -0.15) is 0 Å². The molecule has 1 amide bonds. The highest BCUT2D eigenvalue weighted by atomic mass is 79.9. The molecule has 7 heteroatoms. The van der Waals surface area contributed by atoms with E-state index in [0.29, 0.717) is 11.5 Å². The molecule has 2 aliphatic rings. The number of fused-ring (bicyclic) bond motifs is 1. The zero-order valence-electron chi connectivity index (χ0n) is 18.9. The zero-order chi connectivity index (χ0) is 23.2. The van der Waals surface area contributed by atoms with E-state index < -0.39 is 0 Å². The van der Waals surface area contributed by atoms with Crippen LogP contribution in [-0.2, 0) is 12.8 Å². The third-order valence-electron chi connectivity index (χ3n) is 6.21. The van der Waals surface area contributed by atoms with Crippen LogP contribution in [0.25, 0.3) is 0 Å². The van der Waals surface area contributed by atoms with E-state index in [1.807, 2.05) is 12.1 Å². The van der Waals surface area contributed by atoms with Crippen LogP contribution in [0.1, 0.15) is 71.3 Å². The van der Waals surface area contributed by atoms with Gasteiger partial charge in [0.25, 0.3) is 5.91 Å². The van der Waals surface area contributed by atoms with Gasteiger partial charge in [0.1, 0.15) is 11.6 Å².